The van der Waals surface area contributed by atoms with E-state index in [1.165, 1.54) is 0 Å². The number of aryl methyl sites for hydroxylation is 1. The molecular weight excluding hydrogens is 448 g/mol. The first-order chi connectivity index (χ1) is 15.3. The molecule has 1 aromatic heterocycles. The van der Waals surface area contributed by atoms with E-state index in [1.54, 1.807) is 26.4 Å². The van der Waals surface area contributed by atoms with Gasteiger partial charge in [-0.05, 0) is 50.9 Å². The monoisotopic (exact) mass is 478 g/mol. The highest BCUT2D eigenvalue weighted by atomic mass is 35.5. The van der Waals surface area contributed by atoms with E-state index in [4.69, 9.17) is 33.3 Å². The lowest BCUT2D eigenvalue weighted by Crippen LogP contribution is -2.42. The second-order valence-corrected chi connectivity index (χ2v) is 8.85. The van der Waals surface area contributed by atoms with Crippen LogP contribution >= 0.6 is 23.8 Å². The topological polar surface area (TPSA) is 83.6 Å². The van der Waals surface area contributed by atoms with Gasteiger partial charge in [0.25, 0.3) is 0 Å². The van der Waals surface area contributed by atoms with Crippen molar-refractivity contribution < 1.29 is 9.47 Å². The van der Waals surface area contributed by atoms with Crippen LogP contribution in [-0.2, 0) is 0 Å². The first-order valence-electron chi connectivity index (χ1n) is 10.6. The van der Waals surface area contributed by atoms with Crippen molar-refractivity contribution in [1.29, 1.82) is 0 Å². The fourth-order valence-corrected chi connectivity index (χ4v) is 4.27. The number of hydrogen-bond acceptors (Lipinski definition) is 7. The molecule has 0 radical (unpaired) electrons. The lowest BCUT2D eigenvalue weighted by molar-refractivity contribution is 0.387. The lowest BCUT2D eigenvalue weighted by atomic mass is 9.91. The molecule has 0 bridgehead atoms. The van der Waals surface area contributed by atoms with E-state index in [0.717, 1.165) is 43.1 Å². The summed E-state index contributed by atoms with van der Waals surface area (Å²) >= 11 is 11.8. The van der Waals surface area contributed by atoms with Gasteiger partial charge in [0, 0.05) is 38.3 Å². The standard InChI is InChI=1S/C22H31ClN6O2S/c1-13-24-20(12-21(25-13)29(2)3)26-14-6-8-15(9-7-14)27-22(32)28-17-10-16(23)18(30-4)11-19(17)31-5/h10-12,14-15H,6-9H2,1-5H3,(H,24,25,26)(H2,27,28,32). The summed E-state index contributed by atoms with van der Waals surface area (Å²) in [6, 6.07) is 6.15. The van der Waals surface area contributed by atoms with Gasteiger partial charge in [-0.15, -0.1) is 0 Å². The minimum Gasteiger partial charge on any atom is -0.495 e. The molecule has 1 aliphatic carbocycles. The molecule has 3 N–H and O–H groups in total. The van der Waals surface area contributed by atoms with Crippen LogP contribution in [0.15, 0.2) is 18.2 Å². The van der Waals surface area contributed by atoms with E-state index in [1.807, 2.05) is 32.0 Å². The van der Waals surface area contributed by atoms with Gasteiger partial charge in [-0.25, -0.2) is 9.97 Å². The van der Waals surface area contributed by atoms with Gasteiger partial charge in [-0.2, -0.15) is 0 Å². The van der Waals surface area contributed by atoms with Gasteiger partial charge < -0.3 is 30.3 Å². The Kier molecular flexibility index (Phi) is 8.20. The molecule has 3 rings (SSSR count). The first-order valence-corrected chi connectivity index (χ1v) is 11.4. The summed E-state index contributed by atoms with van der Waals surface area (Å²) in [7, 11) is 7.13. The molecule has 2 aromatic rings. The summed E-state index contributed by atoms with van der Waals surface area (Å²) in [5, 5.41) is 11.2. The number of nitrogens with one attached hydrogen (secondary N) is 3. The molecule has 1 fully saturated rings. The molecule has 174 valence electrons. The van der Waals surface area contributed by atoms with E-state index >= 15 is 0 Å². The van der Waals surface area contributed by atoms with Crippen LogP contribution < -0.4 is 30.3 Å². The number of thiocarbonyl (C=S) groups is 1. The van der Waals surface area contributed by atoms with Crippen LogP contribution in [0.4, 0.5) is 17.3 Å². The molecule has 0 saturated heterocycles. The minimum absolute atomic E-state index is 0.303. The van der Waals surface area contributed by atoms with Gasteiger partial charge in [0.2, 0.25) is 0 Å². The highest BCUT2D eigenvalue weighted by Crippen LogP contribution is 2.36. The molecule has 1 heterocycles. The Morgan fingerprint density at radius 3 is 2.31 bits per heavy atom. The fraction of sp³-hybridized carbons (Fsp3) is 0.500. The number of methoxy groups -OCH3 is 2. The first kappa shape index (κ1) is 24.1. The Hall–Kier alpha value is -2.52. The van der Waals surface area contributed by atoms with Crippen LogP contribution in [0.25, 0.3) is 0 Å². The average Bonchev–Trinajstić information content (AvgIpc) is 2.75. The van der Waals surface area contributed by atoms with Crippen LogP contribution in [0.5, 0.6) is 11.5 Å². The van der Waals surface area contributed by atoms with Crippen molar-refractivity contribution in [3.63, 3.8) is 0 Å². The molecule has 0 amide bonds. The smallest absolute Gasteiger partial charge is 0.171 e. The maximum absolute atomic E-state index is 6.25. The van der Waals surface area contributed by atoms with Crippen LogP contribution in [0.3, 0.4) is 0 Å². The Bertz CT molecular complexity index is 950. The summed E-state index contributed by atoms with van der Waals surface area (Å²) in [5.74, 6) is 3.70. The summed E-state index contributed by atoms with van der Waals surface area (Å²) in [6.45, 7) is 1.91. The molecule has 32 heavy (non-hydrogen) atoms. The third-order valence-corrected chi connectivity index (χ3v) is 5.93. The van der Waals surface area contributed by atoms with Crippen molar-refractivity contribution in [3.8, 4) is 11.5 Å². The number of benzene rings is 1. The molecule has 0 aliphatic heterocycles. The molecule has 1 saturated carbocycles. The Labute approximate surface area is 200 Å². The number of hydrogen-bond donors (Lipinski definition) is 3. The highest BCUT2D eigenvalue weighted by Gasteiger charge is 2.22. The van der Waals surface area contributed by atoms with Crippen molar-refractivity contribution >= 4 is 46.3 Å². The minimum atomic E-state index is 0.303. The molecule has 1 aliphatic rings. The van der Waals surface area contributed by atoms with E-state index in [0.29, 0.717) is 39.4 Å². The predicted molar refractivity (Wildman–Crippen MR) is 135 cm³/mol. The van der Waals surface area contributed by atoms with E-state index in [9.17, 15) is 0 Å². The highest BCUT2D eigenvalue weighted by molar-refractivity contribution is 7.80. The van der Waals surface area contributed by atoms with E-state index in [2.05, 4.69) is 25.9 Å². The number of nitrogens with zero attached hydrogens (tertiary/aromatic N) is 3. The summed E-state index contributed by atoms with van der Waals surface area (Å²) in [4.78, 5) is 11.0. The largest absolute Gasteiger partial charge is 0.495 e. The Morgan fingerprint density at radius 2 is 1.69 bits per heavy atom. The summed E-state index contributed by atoms with van der Waals surface area (Å²) in [6.07, 6.45) is 4.06. The fourth-order valence-electron chi connectivity index (χ4n) is 3.75. The zero-order valence-corrected chi connectivity index (χ0v) is 20.7. The predicted octanol–water partition coefficient (Wildman–Crippen LogP) is 4.23. The number of aromatic nitrogens is 2. The number of rotatable bonds is 7. The third-order valence-electron chi connectivity index (χ3n) is 5.42. The summed E-state index contributed by atoms with van der Waals surface area (Å²) < 4.78 is 10.7. The Balaban J connectivity index is 1.52. The molecule has 10 heteroatoms. The normalized spacial score (nSPS) is 17.9. The van der Waals surface area contributed by atoms with Crippen molar-refractivity contribution in [3.05, 3.63) is 29.0 Å². The van der Waals surface area contributed by atoms with Gasteiger partial charge in [0.05, 0.1) is 24.9 Å². The Morgan fingerprint density at radius 1 is 1.03 bits per heavy atom. The molecule has 8 nitrogen and oxygen atoms in total. The lowest BCUT2D eigenvalue weighted by Gasteiger charge is -2.31. The zero-order chi connectivity index (χ0) is 23.3. The van der Waals surface area contributed by atoms with Crippen LogP contribution in [0.2, 0.25) is 5.02 Å². The van der Waals surface area contributed by atoms with Crippen LogP contribution in [-0.4, -0.2) is 55.5 Å². The van der Waals surface area contributed by atoms with Gasteiger partial charge in [-0.3, -0.25) is 0 Å². The maximum atomic E-state index is 6.25. The van der Waals surface area contributed by atoms with Crippen molar-refractivity contribution in [2.45, 2.75) is 44.7 Å². The van der Waals surface area contributed by atoms with Crippen molar-refractivity contribution in [1.82, 2.24) is 15.3 Å². The number of anilines is 3. The van der Waals surface area contributed by atoms with Crippen LogP contribution in [0, 0.1) is 6.92 Å². The average molecular weight is 479 g/mol. The van der Waals surface area contributed by atoms with Gasteiger partial charge in [0.15, 0.2) is 5.11 Å². The third kappa shape index (κ3) is 6.26. The summed E-state index contributed by atoms with van der Waals surface area (Å²) in [5.41, 5.74) is 0.696. The number of halogens is 1. The van der Waals surface area contributed by atoms with Crippen molar-refractivity contribution in [2.24, 2.45) is 0 Å². The molecular formula is C22H31ClN6O2S. The van der Waals surface area contributed by atoms with Gasteiger partial charge in [0.1, 0.15) is 29.0 Å². The van der Waals surface area contributed by atoms with Gasteiger partial charge in [-0.1, -0.05) is 11.6 Å². The molecule has 0 atom stereocenters. The maximum Gasteiger partial charge on any atom is 0.171 e. The second kappa shape index (κ2) is 10.9. The van der Waals surface area contributed by atoms with E-state index in [-0.39, 0.29) is 0 Å². The van der Waals surface area contributed by atoms with E-state index < -0.39 is 0 Å². The molecule has 0 unspecified atom stereocenters. The van der Waals surface area contributed by atoms with Crippen molar-refractivity contribution in [2.75, 3.05) is 43.8 Å². The quantitative estimate of drug-likeness (QED) is 0.506. The molecule has 0 spiro atoms. The van der Waals surface area contributed by atoms with Gasteiger partial charge >= 0.3 is 0 Å². The molecule has 1 aromatic carbocycles. The zero-order valence-electron chi connectivity index (χ0n) is 19.2. The number of ether oxygens (including phenoxy) is 2. The SMILES string of the molecule is COc1cc(OC)c(NC(=S)NC2CCC(Nc3cc(N(C)C)nc(C)n3)CC2)cc1Cl. The second-order valence-electron chi connectivity index (χ2n) is 8.03. The van der Waals surface area contributed by atoms with Crippen LogP contribution in [0.1, 0.15) is 31.5 Å².